The molecular formula is C21H30N4O2S. The molecule has 0 radical (unpaired) electrons. The molecule has 2 heterocycles. The standard InChI is InChI=1S/C21H30N4O2S/c1-5-15(17-20(27)23-18(25-24-17)16-7-6-12-28-16)22-19(26)13-8-10-14(11-9-13)21(2,3)4/h6-7,12-15H,5,8-11H2,1-4H3,(H,22,26)(H,23,25,27). The molecule has 0 saturated heterocycles. The number of carbonyl (C=O) groups is 1. The van der Waals surface area contributed by atoms with Crippen LogP contribution in [0.2, 0.25) is 0 Å². The van der Waals surface area contributed by atoms with E-state index in [9.17, 15) is 9.59 Å². The molecule has 1 fully saturated rings. The summed E-state index contributed by atoms with van der Waals surface area (Å²) >= 11 is 1.49. The largest absolute Gasteiger partial charge is 0.347 e. The first-order valence-electron chi connectivity index (χ1n) is 10.1. The Morgan fingerprint density at radius 2 is 2.00 bits per heavy atom. The lowest BCUT2D eigenvalue weighted by atomic mass is 9.69. The lowest BCUT2D eigenvalue weighted by molar-refractivity contribution is -0.127. The highest BCUT2D eigenvalue weighted by atomic mass is 32.1. The Balaban J connectivity index is 1.66. The molecule has 1 aliphatic carbocycles. The molecule has 1 saturated carbocycles. The van der Waals surface area contributed by atoms with Crippen LogP contribution >= 0.6 is 11.3 Å². The van der Waals surface area contributed by atoms with E-state index in [2.05, 4.69) is 41.3 Å². The first-order chi connectivity index (χ1) is 13.3. The molecule has 2 aromatic heterocycles. The van der Waals surface area contributed by atoms with Crippen molar-refractivity contribution in [1.82, 2.24) is 20.5 Å². The first kappa shape index (κ1) is 20.7. The van der Waals surface area contributed by atoms with Crippen LogP contribution in [0.5, 0.6) is 0 Å². The van der Waals surface area contributed by atoms with E-state index in [-0.39, 0.29) is 23.1 Å². The van der Waals surface area contributed by atoms with Crippen LogP contribution in [0.1, 0.15) is 71.5 Å². The minimum absolute atomic E-state index is 0.0186. The van der Waals surface area contributed by atoms with E-state index >= 15 is 0 Å². The molecule has 0 spiro atoms. The molecule has 0 aliphatic heterocycles. The fraction of sp³-hybridized carbons (Fsp3) is 0.619. The molecule has 0 bridgehead atoms. The maximum absolute atomic E-state index is 12.8. The zero-order chi connectivity index (χ0) is 20.3. The van der Waals surface area contributed by atoms with Crippen molar-refractivity contribution in [1.29, 1.82) is 0 Å². The Labute approximate surface area is 170 Å². The fourth-order valence-electron chi connectivity index (χ4n) is 3.97. The highest BCUT2D eigenvalue weighted by Gasteiger charge is 2.33. The summed E-state index contributed by atoms with van der Waals surface area (Å²) in [5.74, 6) is 1.18. The second-order valence-electron chi connectivity index (χ2n) is 8.75. The predicted molar refractivity (Wildman–Crippen MR) is 112 cm³/mol. The van der Waals surface area contributed by atoms with Crippen molar-refractivity contribution in [2.45, 2.75) is 65.8 Å². The van der Waals surface area contributed by atoms with E-state index in [0.29, 0.717) is 23.6 Å². The predicted octanol–water partition coefficient (Wildman–Crippen LogP) is 4.31. The second kappa shape index (κ2) is 8.55. The monoisotopic (exact) mass is 402 g/mol. The zero-order valence-corrected chi connectivity index (χ0v) is 17.9. The van der Waals surface area contributed by atoms with Gasteiger partial charge < -0.3 is 10.3 Å². The van der Waals surface area contributed by atoms with Gasteiger partial charge in [-0.25, -0.2) is 0 Å². The number of H-pyrrole nitrogens is 1. The van der Waals surface area contributed by atoms with Crippen molar-refractivity contribution >= 4 is 17.2 Å². The SMILES string of the molecule is CCC(NC(=O)C1CCC(C(C)(C)C)CC1)c1nnc(-c2cccs2)[nH]c1=O. The van der Waals surface area contributed by atoms with Gasteiger partial charge >= 0.3 is 0 Å². The van der Waals surface area contributed by atoms with Crippen molar-refractivity contribution in [3.63, 3.8) is 0 Å². The van der Waals surface area contributed by atoms with Gasteiger partial charge in [-0.3, -0.25) is 9.59 Å². The van der Waals surface area contributed by atoms with E-state index in [1.54, 1.807) is 0 Å². The highest BCUT2D eigenvalue weighted by Crippen LogP contribution is 2.40. The van der Waals surface area contributed by atoms with Crippen LogP contribution in [0.3, 0.4) is 0 Å². The van der Waals surface area contributed by atoms with Gasteiger partial charge in [0, 0.05) is 5.92 Å². The average Bonchev–Trinajstić information content (AvgIpc) is 3.20. The number of hydrogen-bond donors (Lipinski definition) is 2. The average molecular weight is 403 g/mol. The molecule has 2 N–H and O–H groups in total. The number of aromatic nitrogens is 3. The van der Waals surface area contributed by atoms with Gasteiger partial charge in [0.15, 0.2) is 11.5 Å². The molecule has 28 heavy (non-hydrogen) atoms. The van der Waals surface area contributed by atoms with Crippen LogP contribution < -0.4 is 10.9 Å². The van der Waals surface area contributed by atoms with Gasteiger partial charge in [-0.2, -0.15) is 0 Å². The molecule has 152 valence electrons. The van der Waals surface area contributed by atoms with Crippen molar-refractivity contribution in [3.05, 3.63) is 33.6 Å². The van der Waals surface area contributed by atoms with Gasteiger partial charge in [-0.1, -0.05) is 33.8 Å². The molecule has 1 unspecified atom stereocenters. The summed E-state index contributed by atoms with van der Waals surface area (Å²) in [7, 11) is 0. The normalized spacial score (nSPS) is 21.3. The molecule has 1 amide bonds. The lowest BCUT2D eigenvalue weighted by Crippen LogP contribution is -2.39. The van der Waals surface area contributed by atoms with Crippen molar-refractivity contribution in [2.75, 3.05) is 0 Å². The summed E-state index contributed by atoms with van der Waals surface area (Å²) in [6.45, 7) is 8.76. The minimum atomic E-state index is -0.415. The molecule has 2 aromatic rings. The van der Waals surface area contributed by atoms with E-state index in [0.717, 1.165) is 30.6 Å². The summed E-state index contributed by atoms with van der Waals surface area (Å²) in [5, 5.41) is 13.3. The van der Waals surface area contributed by atoms with Gasteiger partial charge in [0.05, 0.1) is 10.9 Å². The Morgan fingerprint density at radius 1 is 1.29 bits per heavy atom. The number of hydrogen-bond acceptors (Lipinski definition) is 5. The second-order valence-corrected chi connectivity index (χ2v) is 9.70. The first-order valence-corrected chi connectivity index (χ1v) is 11.0. The topological polar surface area (TPSA) is 87.7 Å². The minimum Gasteiger partial charge on any atom is -0.347 e. The van der Waals surface area contributed by atoms with Crippen LogP contribution in [0.4, 0.5) is 0 Å². The van der Waals surface area contributed by atoms with Crippen LogP contribution in [-0.4, -0.2) is 21.1 Å². The zero-order valence-electron chi connectivity index (χ0n) is 17.1. The third-order valence-electron chi connectivity index (χ3n) is 5.85. The summed E-state index contributed by atoms with van der Waals surface area (Å²) < 4.78 is 0. The Hall–Kier alpha value is -2.02. The number of thiophene rings is 1. The van der Waals surface area contributed by atoms with E-state index in [4.69, 9.17) is 0 Å². The van der Waals surface area contributed by atoms with Crippen molar-refractivity contribution in [2.24, 2.45) is 17.3 Å². The maximum atomic E-state index is 12.8. The summed E-state index contributed by atoms with van der Waals surface area (Å²) in [5.41, 5.74) is 0.280. The van der Waals surface area contributed by atoms with Crippen LogP contribution in [-0.2, 0) is 4.79 Å². The molecule has 6 nitrogen and oxygen atoms in total. The maximum Gasteiger partial charge on any atom is 0.275 e. The number of nitrogens with one attached hydrogen (secondary N) is 2. The molecule has 1 atom stereocenters. The fourth-order valence-corrected chi connectivity index (χ4v) is 4.64. The van der Waals surface area contributed by atoms with Gasteiger partial charge in [0.1, 0.15) is 0 Å². The quantitative estimate of drug-likeness (QED) is 0.780. The molecule has 7 heteroatoms. The third kappa shape index (κ3) is 4.69. The van der Waals surface area contributed by atoms with Crippen molar-refractivity contribution < 1.29 is 4.79 Å². The Morgan fingerprint density at radius 3 is 2.54 bits per heavy atom. The number of amides is 1. The van der Waals surface area contributed by atoms with E-state index in [1.807, 2.05) is 24.4 Å². The molecule has 3 rings (SSSR count). The van der Waals surface area contributed by atoms with Crippen LogP contribution in [0.15, 0.2) is 22.3 Å². The molecule has 0 aromatic carbocycles. The smallest absolute Gasteiger partial charge is 0.275 e. The third-order valence-corrected chi connectivity index (χ3v) is 6.73. The lowest BCUT2D eigenvalue weighted by Gasteiger charge is -2.36. The van der Waals surface area contributed by atoms with E-state index < -0.39 is 6.04 Å². The van der Waals surface area contributed by atoms with Crippen molar-refractivity contribution in [3.8, 4) is 10.7 Å². The molecule has 1 aliphatic rings. The van der Waals surface area contributed by atoms with Gasteiger partial charge in [-0.15, -0.1) is 21.5 Å². The Kier molecular flexibility index (Phi) is 6.33. The summed E-state index contributed by atoms with van der Waals surface area (Å²) in [6, 6.07) is 3.37. The molecular weight excluding hydrogens is 372 g/mol. The van der Waals surface area contributed by atoms with Gasteiger partial charge in [0.2, 0.25) is 5.91 Å². The van der Waals surface area contributed by atoms with E-state index in [1.165, 1.54) is 11.3 Å². The number of nitrogens with zero attached hydrogens (tertiary/aromatic N) is 2. The van der Waals surface area contributed by atoms with Crippen LogP contribution in [0.25, 0.3) is 10.7 Å². The van der Waals surface area contributed by atoms with Gasteiger partial charge in [0.25, 0.3) is 5.56 Å². The summed E-state index contributed by atoms with van der Waals surface area (Å²) in [6.07, 6.45) is 4.56. The number of rotatable bonds is 5. The Bertz CT molecular complexity index is 846. The number of carbonyl (C=O) groups excluding carboxylic acids is 1. The summed E-state index contributed by atoms with van der Waals surface area (Å²) in [4.78, 5) is 29.0. The van der Waals surface area contributed by atoms with Crippen LogP contribution in [0, 0.1) is 17.3 Å². The number of aromatic amines is 1. The highest BCUT2D eigenvalue weighted by molar-refractivity contribution is 7.13. The van der Waals surface area contributed by atoms with Gasteiger partial charge in [-0.05, 0) is 54.9 Å².